The minimum atomic E-state index is -0.200. The first-order valence-electron chi connectivity index (χ1n) is 9.39. The zero-order chi connectivity index (χ0) is 19.0. The molecule has 144 valence electrons. The number of likely N-dealkylation sites (tertiary alicyclic amines) is 1. The molecule has 2 amide bonds. The monoisotopic (exact) mass is 388 g/mol. The molecule has 1 unspecified atom stereocenters. The Kier molecular flexibility index (Phi) is 5.01. The summed E-state index contributed by atoms with van der Waals surface area (Å²) < 4.78 is 5.39. The molecule has 2 aromatic rings. The number of hydrogen-bond donors (Lipinski definition) is 2. The van der Waals surface area contributed by atoms with Crippen molar-refractivity contribution in [1.82, 2.24) is 15.2 Å². The van der Waals surface area contributed by atoms with Crippen molar-refractivity contribution >= 4 is 39.1 Å². The standard InChI is InChI=1S/C19H24N4O3S/c1-21-17(24)16-15(20)12-4-5-13(22-18(12)27-16)14-3-2-8-23(14)19(25)11-6-9-26-10-7-11/h4-5,11,14H,2-3,6-10,20H2,1H3,(H,21,24). The SMILES string of the molecule is CNC(=O)c1sc2nc(C3CCCN3C(=O)C3CCOCC3)ccc2c1N. The summed E-state index contributed by atoms with van der Waals surface area (Å²) in [4.78, 5) is 33.0. The van der Waals surface area contributed by atoms with Gasteiger partial charge in [-0.05, 0) is 37.8 Å². The molecule has 0 aliphatic carbocycles. The van der Waals surface area contributed by atoms with E-state index >= 15 is 0 Å². The van der Waals surface area contributed by atoms with Crippen LogP contribution in [0.2, 0.25) is 0 Å². The lowest BCUT2D eigenvalue weighted by molar-refractivity contribution is -0.139. The fraction of sp³-hybridized carbons (Fsp3) is 0.526. The van der Waals surface area contributed by atoms with Crippen LogP contribution in [0.25, 0.3) is 10.2 Å². The van der Waals surface area contributed by atoms with Crippen LogP contribution >= 0.6 is 11.3 Å². The Labute approximate surface area is 161 Å². The number of aromatic nitrogens is 1. The topological polar surface area (TPSA) is 97.5 Å². The predicted octanol–water partition coefficient (Wildman–Crippen LogP) is 2.33. The first-order chi connectivity index (χ1) is 13.1. The molecule has 2 aliphatic heterocycles. The number of thiophene rings is 1. The zero-order valence-corrected chi connectivity index (χ0v) is 16.2. The Morgan fingerprint density at radius 2 is 2.07 bits per heavy atom. The van der Waals surface area contributed by atoms with Crippen molar-refractivity contribution in [2.75, 3.05) is 32.5 Å². The van der Waals surface area contributed by atoms with Gasteiger partial charge >= 0.3 is 0 Å². The van der Waals surface area contributed by atoms with Crippen molar-refractivity contribution in [3.05, 3.63) is 22.7 Å². The highest BCUT2D eigenvalue weighted by Gasteiger charge is 2.35. The van der Waals surface area contributed by atoms with E-state index < -0.39 is 0 Å². The van der Waals surface area contributed by atoms with Gasteiger partial charge in [0.05, 0.1) is 17.4 Å². The number of anilines is 1. The minimum absolute atomic E-state index is 0.00322. The number of nitrogens with two attached hydrogens (primary N) is 1. The molecule has 4 heterocycles. The summed E-state index contributed by atoms with van der Waals surface area (Å²) in [6.07, 6.45) is 3.49. The number of nitrogens with one attached hydrogen (secondary N) is 1. The molecule has 4 rings (SSSR count). The Bertz CT molecular complexity index is 875. The number of fused-ring (bicyclic) bond motifs is 1. The highest BCUT2D eigenvalue weighted by atomic mass is 32.1. The second-order valence-electron chi connectivity index (χ2n) is 7.09. The van der Waals surface area contributed by atoms with E-state index in [-0.39, 0.29) is 23.8 Å². The van der Waals surface area contributed by atoms with Gasteiger partial charge in [0.25, 0.3) is 5.91 Å². The van der Waals surface area contributed by atoms with E-state index in [1.165, 1.54) is 11.3 Å². The van der Waals surface area contributed by atoms with Crippen LogP contribution < -0.4 is 11.1 Å². The largest absolute Gasteiger partial charge is 0.397 e. The van der Waals surface area contributed by atoms with Gasteiger partial charge in [-0.3, -0.25) is 9.59 Å². The number of carbonyl (C=O) groups is 2. The number of ether oxygens (including phenoxy) is 1. The molecule has 0 radical (unpaired) electrons. The second kappa shape index (κ2) is 7.44. The minimum Gasteiger partial charge on any atom is -0.397 e. The molecule has 2 aromatic heterocycles. The second-order valence-corrected chi connectivity index (χ2v) is 8.09. The molecule has 2 aliphatic rings. The van der Waals surface area contributed by atoms with Crippen molar-refractivity contribution in [3.63, 3.8) is 0 Å². The van der Waals surface area contributed by atoms with Crippen molar-refractivity contribution in [3.8, 4) is 0 Å². The summed E-state index contributed by atoms with van der Waals surface area (Å²) >= 11 is 1.30. The number of hydrogen-bond acceptors (Lipinski definition) is 6. The predicted molar refractivity (Wildman–Crippen MR) is 105 cm³/mol. The van der Waals surface area contributed by atoms with Crippen LogP contribution in [0.3, 0.4) is 0 Å². The highest BCUT2D eigenvalue weighted by molar-refractivity contribution is 7.21. The van der Waals surface area contributed by atoms with Crippen molar-refractivity contribution < 1.29 is 14.3 Å². The fourth-order valence-electron chi connectivity index (χ4n) is 4.00. The van der Waals surface area contributed by atoms with Gasteiger partial charge in [0.15, 0.2) is 0 Å². The lowest BCUT2D eigenvalue weighted by Gasteiger charge is -2.30. The van der Waals surface area contributed by atoms with Gasteiger partial charge in [-0.25, -0.2) is 4.98 Å². The number of carbonyl (C=O) groups excluding carboxylic acids is 2. The van der Waals surface area contributed by atoms with Crippen LogP contribution in [0.5, 0.6) is 0 Å². The Hall–Kier alpha value is -2.19. The molecule has 2 saturated heterocycles. The molecule has 1 atom stereocenters. The van der Waals surface area contributed by atoms with Gasteiger partial charge in [0.2, 0.25) is 5.91 Å². The number of pyridine rings is 1. The van der Waals surface area contributed by atoms with Crippen LogP contribution in [0.4, 0.5) is 5.69 Å². The Balaban J connectivity index is 1.62. The van der Waals surface area contributed by atoms with E-state index in [1.807, 2.05) is 17.0 Å². The van der Waals surface area contributed by atoms with E-state index in [0.717, 1.165) is 48.1 Å². The van der Waals surface area contributed by atoms with E-state index in [2.05, 4.69) is 5.32 Å². The van der Waals surface area contributed by atoms with E-state index in [1.54, 1.807) is 7.05 Å². The van der Waals surface area contributed by atoms with Gasteiger partial charge in [0.1, 0.15) is 9.71 Å². The van der Waals surface area contributed by atoms with E-state index in [4.69, 9.17) is 15.5 Å². The average molecular weight is 388 g/mol. The Morgan fingerprint density at radius 1 is 1.30 bits per heavy atom. The zero-order valence-electron chi connectivity index (χ0n) is 15.4. The number of amides is 2. The molecule has 7 nitrogen and oxygen atoms in total. The van der Waals surface area contributed by atoms with Gasteiger partial charge in [-0.1, -0.05) is 0 Å². The molecule has 0 saturated carbocycles. The van der Waals surface area contributed by atoms with Crippen LogP contribution in [0, 0.1) is 5.92 Å². The van der Waals surface area contributed by atoms with E-state index in [0.29, 0.717) is 23.8 Å². The normalized spacial score (nSPS) is 20.9. The fourth-order valence-corrected chi connectivity index (χ4v) is 5.04. The maximum absolute atomic E-state index is 13.0. The number of rotatable bonds is 3. The van der Waals surface area contributed by atoms with Gasteiger partial charge < -0.3 is 20.7 Å². The first-order valence-corrected chi connectivity index (χ1v) is 10.2. The molecule has 2 fully saturated rings. The lowest BCUT2D eigenvalue weighted by atomic mass is 9.98. The molecule has 0 spiro atoms. The third-order valence-corrected chi connectivity index (χ3v) is 6.61. The van der Waals surface area contributed by atoms with Gasteiger partial charge in [-0.2, -0.15) is 0 Å². The molecular weight excluding hydrogens is 364 g/mol. The van der Waals surface area contributed by atoms with Crippen LogP contribution in [-0.4, -0.2) is 48.5 Å². The quantitative estimate of drug-likeness (QED) is 0.841. The average Bonchev–Trinajstić information content (AvgIpc) is 3.32. The summed E-state index contributed by atoms with van der Waals surface area (Å²) in [5.74, 6) is 0.0778. The molecule has 3 N–H and O–H groups in total. The number of nitrogens with zero attached hydrogens (tertiary/aromatic N) is 2. The van der Waals surface area contributed by atoms with Crippen molar-refractivity contribution in [2.45, 2.75) is 31.7 Å². The lowest BCUT2D eigenvalue weighted by Crippen LogP contribution is -2.38. The molecule has 8 heteroatoms. The summed E-state index contributed by atoms with van der Waals surface area (Å²) in [7, 11) is 1.59. The summed E-state index contributed by atoms with van der Waals surface area (Å²) in [6, 6.07) is 3.86. The smallest absolute Gasteiger partial charge is 0.263 e. The molecule has 0 aromatic carbocycles. The third-order valence-electron chi connectivity index (χ3n) is 5.50. The summed E-state index contributed by atoms with van der Waals surface area (Å²) in [5.41, 5.74) is 7.47. The number of nitrogen functional groups attached to an aromatic ring is 1. The van der Waals surface area contributed by atoms with Crippen molar-refractivity contribution in [2.24, 2.45) is 5.92 Å². The van der Waals surface area contributed by atoms with Crippen LogP contribution in [0.15, 0.2) is 12.1 Å². The van der Waals surface area contributed by atoms with E-state index in [9.17, 15) is 9.59 Å². The van der Waals surface area contributed by atoms with Gasteiger partial charge in [0, 0.05) is 38.1 Å². The maximum atomic E-state index is 13.0. The van der Waals surface area contributed by atoms with Crippen LogP contribution in [-0.2, 0) is 9.53 Å². The van der Waals surface area contributed by atoms with Crippen LogP contribution in [0.1, 0.15) is 47.1 Å². The highest BCUT2D eigenvalue weighted by Crippen LogP contribution is 2.37. The Morgan fingerprint density at radius 3 is 2.81 bits per heavy atom. The molecule has 27 heavy (non-hydrogen) atoms. The first kappa shape index (κ1) is 18.2. The molecular formula is C19H24N4O3S. The maximum Gasteiger partial charge on any atom is 0.263 e. The summed E-state index contributed by atoms with van der Waals surface area (Å²) in [6.45, 7) is 2.10. The summed E-state index contributed by atoms with van der Waals surface area (Å²) in [5, 5.41) is 3.41. The third kappa shape index (κ3) is 3.27. The van der Waals surface area contributed by atoms with Gasteiger partial charge in [-0.15, -0.1) is 11.3 Å². The van der Waals surface area contributed by atoms with Crippen molar-refractivity contribution in [1.29, 1.82) is 0 Å². The molecule has 0 bridgehead atoms.